The van der Waals surface area contributed by atoms with Crippen LogP contribution >= 0.6 is 11.6 Å². The Bertz CT molecular complexity index is 1060. The number of carbonyl (C=O) groups excluding carboxylic acids is 1. The molecule has 1 amide bonds. The number of halogens is 1. The summed E-state index contributed by atoms with van der Waals surface area (Å²) >= 11 is 6.07. The Morgan fingerprint density at radius 2 is 2.06 bits per heavy atom. The monoisotopic (exact) mass is 440 g/mol. The first kappa shape index (κ1) is 21.7. The van der Waals surface area contributed by atoms with Crippen molar-refractivity contribution in [3.8, 4) is 0 Å². The lowest BCUT2D eigenvalue weighted by Crippen LogP contribution is -2.36. The molecule has 31 heavy (non-hydrogen) atoms. The first-order chi connectivity index (χ1) is 14.9. The summed E-state index contributed by atoms with van der Waals surface area (Å²) in [5.41, 5.74) is 12.0. The topological polar surface area (TPSA) is 89.2 Å². The number of nitrogens with two attached hydrogens (primary N) is 1. The first-order valence-electron chi connectivity index (χ1n) is 10.8. The first-order valence-corrected chi connectivity index (χ1v) is 11.2. The van der Waals surface area contributed by atoms with Crippen LogP contribution in [0.5, 0.6) is 0 Å². The molecule has 0 saturated heterocycles. The minimum Gasteiger partial charge on any atom is -0.352 e. The molecule has 2 aromatic rings. The van der Waals surface area contributed by atoms with Gasteiger partial charge in [-0.05, 0) is 72.4 Å². The van der Waals surface area contributed by atoms with Gasteiger partial charge in [-0.3, -0.25) is 9.59 Å². The minimum atomic E-state index is -0.209. The number of allylic oxidation sites excluding steroid dienone is 2. The predicted octanol–water partition coefficient (Wildman–Crippen LogP) is 2.88. The Labute approximate surface area is 187 Å². The number of amides is 1. The van der Waals surface area contributed by atoms with Gasteiger partial charge in [0.2, 0.25) is 5.91 Å². The second-order valence-corrected chi connectivity index (χ2v) is 9.06. The molecule has 1 saturated carbocycles. The van der Waals surface area contributed by atoms with Crippen molar-refractivity contribution in [3.63, 3.8) is 0 Å². The van der Waals surface area contributed by atoms with Crippen LogP contribution in [0.4, 0.5) is 0 Å². The molecule has 0 spiro atoms. The molecule has 2 aliphatic carbocycles. The number of hydrogen-bond acceptors (Lipinski definition) is 4. The quantitative estimate of drug-likeness (QED) is 0.550. The van der Waals surface area contributed by atoms with Crippen molar-refractivity contribution < 1.29 is 4.79 Å². The number of hydrogen-bond donors (Lipinski definition) is 3. The summed E-state index contributed by atoms with van der Waals surface area (Å²) < 4.78 is 1.52. The number of aromatic nitrogens is 1. The Morgan fingerprint density at radius 3 is 2.77 bits per heavy atom. The summed E-state index contributed by atoms with van der Waals surface area (Å²) in [7, 11) is 0. The SMILES string of the molecule is Cc1ccn(NCC2C[C@H]3C=C[C@H]2C3)c(=O)c1CC(=O)NCc1cc(Cl)ccc1CN. The number of carbonyl (C=O) groups is 1. The lowest BCUT2D eigenvalue weighted by Gasteiger charge is -2.20. The number of fused-ring (bicyclic) bond motifs is 2. The van der Waals surface area contributed by atoms with Crippen LogP contribution in [0, 0.1) is 24.7 Å². The van der Waals surface area contributed by atoms with Crippen molar-refractivity contribution in [2.75, 3.05) is 12.0 Å². The van der Waals surface area contributed by atoms with Gasteiger partial charge in [-0.2, -0.15) is 0 Å². The van der Waals surface area contributed by atoms with Gasteiger partial charge in [0, 0.05) is 36.4 Å². The van der Waals surface area contributed by atoms with Crippen LogP contribution < -0.4 is 22.0 Å². The molecule has 1 unspecified atom stereocenters. The molecule has 2 aliphatic rings. The zero-order chi connectivity index (χ0) is 22.0. The van der Waals surface area contributed by atoms with E-state index in [2.05, 4.69) is 22.9 Å². The molecule has 164 valence electrons. The van der Waals surface area contributed by atoms with Gasteiger partial charge in [0.25, 0.3) is 5.56 Å². The third-order valence-corrected chi connectivity index (χ3v) is 6.80. The Hall–Kier alpha value is -2.57. The zero-order valence-corrected chi connectivity index (χ0v) is 18.5. The van der Waals surface area contributed by atoms with Crippen LogP contribution in [0.25, 0.3) is 0 Å². The van der Waals surface area contributed by atoms with E-state index in [1.165, 1.54) is 17.5 Å². The fraction of sp³-hybridized carbons (Fsp3) is 0.417. The van der Waals surface area contributed by atoms with Crippen LogP contribution in [0.1, 0.15) is 35.1 Å². The smallest absolute Gasteiger partial charge is 0.272 e. The van der Waals surface area contributed by atoms with E-state index in [9.17, 15) is 9.59 Å². The van der Waals surface area contributed by atoms with Crippen LogP contribution in [-0.4, -0.2) is 17.1 Å². The summed E-state index contributed by atoms with van der Waals surface area (Å²) in [4.78, 5) is 25.6. The normalized spacial score (nSPS) is 21.5. The Kier molecular flexibility index (Phi) is 6.49. The predicted molar refractivity (Wildman–Crippen MR) is 123 cm³/mol. The van der Waals surface area contributed by atoms with Gasteiger partial charge in [0.15, 0.2) is 0 Å². The zero-order valence-electron chi connectivity index (χ0n) is 17.7. The average molecular weight is 441 g/mol. The van der Waals surface area contributed by atoms with Gasteiger partial charge in [-0.25, -0.2) is 4.68 Å². The van der Waals surface area contributed by atoms with Crippen molar-refractivity contribution in [2.24, 2.45) is 23.5 Å². The molecule has 4 N–H and O–H groups in total. The lowest BCUT2D eigenvalue weighted by atomic mass is 9.94. The van der Waals surface area contributed by atoms with Gasteiger partial charge < -0.3 is 16.5 Å². The van der Waals surface area contributed by atoms with Crippen LogP contribution in [-0.2, 0) is 24.3 Å². The third kappa shape index (κ3) is 4.86. The molecule has 0 radical (unpaired) electrons. The molecule has 6 nitrogen and oxygen atoms in total. The highest BCUT2D eigenvalue weighted by atomic mass is 35.5. The molecule has 1 fully saturated rings. The molecule has 1 aromatic heterocycles. The maximum Gasteiger partial charge on any atom is 0.272 e. The van der Waals surface area contributed by atoms with Crippen molar-refractivity contribution in [1.29, 1.82) is 0 Å². The highest BCUT2D eigenvalue weighted by Gasteiger charge is 2.35. The Morgan fingerprint density at radius 1 is 1.23 bits per heavy atom. The van der Waals surface area contributed by atoms with Crippen molar-refractivity contribution in [2.45, 2.75) is 39.3 Å². The second kappa shape index (κ2) is 9.28. The van der Waals surface area contributed by atoms with E-state index in [1.54, 1.807) is 18.3 Å². The summed E-state index contributed by atoms with van der Waals surface area (Å²) in [6.45, 7) is 3.31. The number of aryl methyl sites for hydroxylation is 1. The average Bonchev–Trinajstić information content (AvgIpc) is 3.38. The molecule has 0 aliphatic heterocycles. The van der Waals surface area contributed by atoms with Crippen molar-refractivity contribution >= 4 is 17.5 Å². The largest absolute Gasteiger partial charge is 0.352 e. The lowest BCUT2D eigenvalue weighted by molar-refractivity contribution is -0.120. The number of benzene rings is 1. The van der Waals surface area contributed by atoms with Gasteiger partial charge in [-0.1, -0.05) is 29.8 Å². The van der Waals surface area contributed by atoms with E-state index in [0.717, 1.165) is 23.2 Å². The second-order valence-electron chi connectivity index (χ2n) is 8.63. The fourth-order valence-corrected chi connectivity index (χ4v) is 4.92. The van der Waals surface area contributed by atoms with Gasteiger partial charge in [0.05, 0.1) is 6.42 Å². The number of nitrogens with one attached hydrogen (secondary N) is 2. The van der Waals surface area contributed by atoms with Gasteiger partial charge in [-0.15, -0.1) is 0 Å². The van der Waals surface area contributed by atoms with E-state index < -0.39 is 0 Å². The summed E-state index contributed by atoms with van der Waals surface area (Å²) in [5, 5.41) is 3.49. The maximum absolute atomic E-state index is 13.0. The van der Waals surface area contributed by atoms with Crippen LogP contribution in [0.3, 0.4) is 0 Å². The highest BCUT2D eigenvalue weighted by Crippen LogP contribution is 2.43. The molecular formula is C24H29ClN4O2. The molecular weight excluding hydrogens is 412 g/mol. The number of nitrogens with zero attached hydrogens (tertiary/aromatic N) is 1. The highest BCUT2D eigenvalue weighted by molar-refractivity contribution is 6.30. The third-order valence-electron chi connectivity index (χ3n) is 6.57. The van der Waals surface area contributed by atoms with Crippen LogP contribution in [0.2, 0.25) is 5.02 Å². The van der Waals surface area contributed by atoms with Crippen molar-refractivity contribution in [1.82, 2.24) is 9.99 Å². The van der Waals surface area contributed by atoms with Gasteiger partial charge in [0.1, 0.15) is 0 Å². The molecule has 4 rings (SSSR count). The molecule has 3 atom stereocenters. The van der Waals surface area contributed by atoms with E-state index >= 15 is 0 Å². The van der Waals surface area contributed by atoms with Crippen molar-refractivity contribution in [3.05, 3.63) is 80.2 Å². The summed E-state index contributed by atoms with van der Waals surface area (Å²) in [6, 6.07) is 7.33. The maximum atomic E-state index is 13.0. The molecule has 1 aromatic carbocycles. The standard InChI is InChI=1S/C24H29ClN4O2/c1-15-6-7-29(28-14-19-9-16-2-3-17(19)8-16)24(31)22(15)11-23(30)27-13-20-10-21(25)5-4-18(20)12-26/h2-7,10,16-17,19,28H,8-9,11-14,26H2,1H3,(H,27,30)/t16-,17-,19?/m0/s1. The van der Waals surface area contributed by atoms with Gasteiger partial charge >= 0.3 is 0 Å². The van der Waals surface area contributed by atoms with E-state index in [-0.39, 0.29) is 17.9 Å². The van der Waals surface area contributed by atoms with E-state index in [1.807, 2.05) is 19.1 Å². The summed E-state index contributed by atoms with van der Waals surface area (Å²) in [6.07, 6.45) is 8.82. The molecule has 2 bridgehead atoms. The number of rotatable bonds is 8. The van der Waals surface area contributed by atoms with E-state index in [4.69, 9.17) is 17.3 Å². The fourth-order valence-electron chi connectivity index (χ4n) is 4.73. The van der Waals surface area contributed by atoms with E-state index in [0.29, 0.717) is 41.4 Å². The number of pyridine rings is 1. The molecule has 7 heteroatoms. The molecule has 1 heterocycles. The van der Waals surface area contributed by atoms with Crippen LogP contribution in [0.15, 0.2) is 47.4 Å². The minimum absolute atomic E-state index is 0.0303. The Balaban J connectivity index is 1.39. The summed E-state index contributed by atoms with van der Waals surface area (Å²) in [5.74, 6) is 1.67.